The molecule has 3 N–H and O–H groups in total. The van der Waals surface area contributed by atoms with Gasteiger partial charge in [0.15, 0.2) is 0 Å². The van der Waals surface area contributed by atoms with Crippen molar-refractivity contribution in [2.45, 2.75) is 25.8 Å². The van der Waals surface area contributed by atoms with Gasteiger partial charge in [-0.15, -0.1) is 0 Å². The highest BCUT2D eigenvalue weighted by Gasteiger charge is 2.49. The third-order valence-corrected chi connectivity index (χ3v) is 4.32. The molecule has 1 fully saturated rings. The molecule has 1 aliphatic rings. The number of methoxy groups -OCH3 is 2. The highest BCUT2D eigenvalue weighted by Crippen LogP contribution is 2.55. The second kappa shape index (κ2) is 5.39. The first-order chi connectivity index (χ1) is 9.13. The van der Waals surface area contributed by atoms with E-state index in [0.29, 0.717) is 6.54 Å². The summed E-state index contributed by atoms with van der Waals surface area (Å²) >= 11 is 0. The molecule has 19 heavy (non-hydrogen) atoms. The Bertz CT molecular complexity index is 456. The standard InChI is InChI=1S/C15H24N2O2/c1-10-12(18-3)6-5-11(13(10)19-4)14(17-2)15(9-16)7-8-15/h5-6,14,17H,7-9,16H2,1-4H3. The van der Waals surface area contributed by atoms with Gasteiger partial charge in [-0.25, -0.2) is 0 Å². The van der Waals surface area contributed by atoms with Crippen LogP contribution in [0.25, 0.3) is 0 Å². The van der Waals surface area contributed by atoms with Crippen molar-refractivity contribution in [3.63, 3.8) is 0 Å². The minimum Gasteiger partial charge on any atom is -0.496 e. The Kier molecular flexibility index (Phi) is 4.02. The second-order valence-electron chi connectivity index (χ2n) is 5.30. The van der Waals surface area contributed by atoms with Gasteiger partial charge in [0, 0.05) is 22.6 Å². The van der Waals surface area contributed by atoms with E-state index in [1.54, 1.807) is 14.2 Å². The molecule has 0 amide bonds. The average molecular weight is 264 g/mol. The summed E-state index contributed by atoms with van der Waals surface area (Å²) in [6.07, 6.45) is 2.34. The normalized spacial score (nSPS) is 17.9. The Hall–Kier alpha value is -1.26. The Labute approximate surface area is 115 Å². The summed E-state index contributed by atoms with van der Waals surface area (Å²) in [4.78, 5) is 0. The van der Waals surface area contributed by atoms with Gasteiger partial charge in [0.1, 0.15) is 11.5 Å². The number of ether oxygens (including phenoxy) is 2. The summed E-state index contributed by atoms with van der Waals surface area (Å²) in [5.74, 6) is 1.76. The van der Waals surface area contributed by atoms with Crippen LogP contribution in [0.4, 0.5) is 0 Å². The van der Waals surface area contributed by atoms with Crippen molar-refractivity contribution in [1.82, 2.24) is 5.32 Å². The lowest BCUT2D eigenvalue weighted by molar-refractivity contribution is 0.338. The quantitative estimate of drug-likeness (QED) is 0.825. The number of benzene rings is 1. The lowest BCUT2D eigenvalue weighted by atomic mass is 9.88. The first kappa shape index (κ1) is 14.2. The number of hydrogen-bond donors (Lipinski definition) is 2. The fourth-order valence-electron chi connectivity index (χ4n) is 2.98. The van der Waals surface area contributed by atoms with Crippen LogP contribution in [0.5, 0.6) is 11.5 Å². The smallest absolute Gasteiger partial charge is 0.130 e. The predicted molar refractivity (Wildman–Crippen MR) is 76.8 cm³/mol. The summed E-state index contributed by atoms with van der Waals surface area (Å²) in [5.41, 5.74) is 8.36. The molecule has 0 aromatic heterocycles. The SMILES string of the molecule is CNC(c1ccc(OC)c(C)c1OC)C1(CN)CC1. The molecule has 1 aromatic carbocycles. The van der Waals surface area contributed by atoms with Gasteiger partial charge in [0.05, 0.1) is 14.2 Å². The van der Waals surface area contributed by atoms with Gasteiger partial charge in [-0.05, 0) is 39.4 Å². The van der Waals surface area contributed by atoms with Gasteiger partial charge in [-0.3, -0.25) is 0 Å². The van der Waals surface area contributed by atoms with E-state index in [1.165, 1.54) is 18.4 Å². The Morgan fingerprint density at radius 3 is 2.42 bits per heavy atom. The van der Waals surface area contributed by atoms with E-state index in [4.69, 9.17) is 15.2 Å². The van der Waals surface area contributed by atoms with Crippen molar-refractivity contribution in [2.75, 3.05) is 27.8 Å². The summed E-state index contributed by atoms with van der Waals surface area (Å²) in [7, 11) is 5.37. The Balaban J connectivity index is 2.46. The van der Waals surface area contributed by atoms with Crippen LogP contribution in [0.15, 0.2) is 12.1 Å². The maximum absolute atomic E-state index is 5.96. The largest absolute Gasteiger partial charge is 0.496 e. The van der Waals surface area contributed by atoms with Crippen molar-refractivity contribution in [3.05, 3.63) is 23.3 Å². The highest BCUT2D eigenvalue weighted by molar-refractivity contribution is 5.51. The van der Waals surface area contributed by atoms with Crippen molar-refractivity contribution >= 4 is 0 Å². The van der Waals surface area contributed by atoms with Crippen LogP contribution in [0.2, 0.25) is 0 Å². The number of rotatable bonds is 6. The molecule has 0 saturated heterocycles. The maximum atomic E-state index is 5.96. The van der Waals surface area contributed by atoms with E-state index in [2.05, 4.69) is 11.4 Å². The molecule has 106 valence electrons. The maximum Gasteiger partial charge on any atom is 0.130 e. The molecule has 1 unspecified atom stereocenters. The molecule has 1 aromatic rings. The fraction of sp³-hybridized carbons (Fsp3) is 0.600. The van der Waals surface area contributed by atoms with Gasteiger partial charge < -0.3 is 20.5 Å². The molecule has 1 saturated carbocycles. The monoisotopic (exact) mass is 264 g/mol. The zero-order chi connectivity index (χ0) is 14.0. The van der Waals surface area contributed by atoms with Gasteiger partial charge in [0.2, 0.25) is 0 Å². The minimum absolute atomic E-state index is 0.184. The molecular weight excluding hydrogens is 240 g/mol. The van der Waals surface area contributed by atoms with E-state index in [-0.39, 0.29) is 11.5 Å². The summed E-state index contributed by atoms with van der Waals surface area (Å²) in [6.45, 7) is 2.72. The molecule has 2 rings (SSSR count). The molecule has 4 heteroatoms. The minimum atomic E-state index is 0.184. The van der Waals surface area contributed by atoms with Crippen molar-refractivity contribution in [2.24, 2.45) is 11.1 Å². The van der Waals surface area contributed by atoms with Gasteiger partial charge in [0.25, 0.3) is 0 Å². The topological polar surface area (TPSA) is 56.5 Å². The molecule has 0 spiro atoms. The van der Waals surface area contributed by atoms with Crippen LogP contribution in [0, 0.1) is 12.3 Å². The third kappa shape index (κ3) is 2.30. The van der Waals surface area contributed by atoms with Gasteiger partial charge in [-0.2, -0.15) is 0 Å². The summed E-state index contributed by atoms with van der Waals surface area (Å²) in [6, 6.07) is 4.32. The van der Waals surface area contributed by atoms with Crippen LogP contribution in [-0.2, 0) is 0 Å². The van der Waals surface area contributed by atoms with Crippen LogP contribution in [-0.4, -0.2) is 27.8 Å². The van der Waals surface area contributed by atoms with Crippen LogP contribution >= 0.6 is 0 Å². The van der Waals surface area contributed by atoms with Crippen LogP contribution in [0.1, 0.15) is 30.0 Å². The second-order valence-corrected chi connectivity index (χ2v) is 5.30. The molecule has 0 heterocycles. The van der Waals surface area contributed by atoms with Crippen LogP contribution in [0.3, 0.4) is 0 Å². The van der Waals surface area contributed by atoms with E-state index >= 15 is 0 Å². The van der Waals surface area contributed by atoms with E-state index < -0.39 is 0 Å². The van der Waals surface area contributed by atoms with E-state index in [0.717, 1.165) is 17.1 Å². The van der Waals surface area contributed by atoms with Gasteiger partial charge in [-0.1, -0.05) is 6.07 Å². The first-order valence-electron chi connectivity index (χ1n) is 6.72. The number of nitrogens with two attached hydrogens (primary N) is 1. The number of nitrogens with one attached hydrogen (secondary N) is 1. The van der Waals surface area contributed by atoms with Gasteiger partial charge >= 0.3 is 0 Å². The first-order valence-corrected chi connectivity index (χ1v) is 6.72. The lowest BCUT2D eigenvalue weighted by Crippen LogP contribution is -2.32. The van der Waals surface area contributed by atoms with E-state index in [1.807, 2.05) is 20.0 Å². The van der Waals surface area contributed by atoms with Crippen molar-refractivity contribution in [1.29, 1.82) is 0 Å². The highest BCUT2D eigenvalue weighted by atomic mass is 16.5. The molecule has 0 bridgehead atoms. The molecule has 4 nitrogen and oxygen atoms in total. The molecule has 0 aliphatic heterocycles. The van der Waals surface area contributed by atoms with Crippen molar-refractivity contribution in [3.8, 4) is 11.5 Å². The molecule has 1 aliphatic carbocycles. The van der Waals surface area contributed by atoms with E-state index in [9.17, 15) is 0 Å². The average Bonchev–Trinajstić information content (AvgIpc) is 3.21. The zero-order valence-electron chi connectivity index (χ0n) is 12.2. The summed E-state index contributed by atoms with van der Waals surface area (Å²) in [5, 5.41) is 3.41. The number of hydrogen-bond acceptors (Lipinski definition) is 4. The Morgan fingerprint density at radius 1 is 1.32 bits per heavy atom. The predicted octanol–water partition coefficient (Wildman–Crippen LogP) is 2.01. The fourth-order valence-corrected chi connectivity index (χ4v) is 2.98. The molecule has 1 atom stereocenters. The lowest BCUT2D eigenvalue weighted by Gasteiger charge is -2.28. The third-order valence-electron chi connectivity index (χ3n) is 4.32. The van der Waals surface area contributed by atoms with Crippen LogP contribution < -0.4 is 20.5 Å². The zero-order valence-corrected chi connectivity index (χ0v) is 12.2. The summed E-state index contributed by atoms with van der Waals surface area (Å²) < 4.78 is 11.0. The molecular formula is C15H24N2O2. The van der Waals surface area contributed by atoms with Crippen molar-refractivity contribution < 1.29 is 9.47 Å². The molecule has 0 radical (unpaired) electrons. The Morgan fingerprint density at radius 2 is 2.00 bits per heavy atom.